The van der Waals surface area contributed by atoms with Gasteiger partial charge in [0, 0.05) is 30.4 Å². The number of aromatic amines is 1. The summed E-state index contributed by atoms with van der Waals surface area (Å²) < 4.78 is 64.8. The zero-order valence-corrected chi connectivity index (χ0v) is 19.4. The van der Waals surface area contributed by atoms with E-state index >= 15 is 4.39 Å². The SMILES string of the molecule is COc1ncc(Cl)cc1S(=O)(=O)Nc1ccc(F)c(-c2ccc3c(-c4ncc[nH]4)ncn3c2)c1F. The third kappa shape index (κ3) is 4.06. The number of sulfonamides is 1. The van der Waals surface area contributed by atoms with Crippen LogP contribution < -0.4 is 9.46 Å². The minimum absolute atomic E-state index is 0.0361. The molecule has 4 heterocycles. The molecule has 0 spiro atoms. The fraction of sp³-hybridized carbons (Fsp3) is 0.0455. The van der Waals surface area contributed by atoms with E-state index in [4.69, 9.17) is 16.3 Å². The van der Waals surface area contributed by atoms with E-state index in [1.54, 1.807) is 22.9 Å². The number of benzene rings is 1. The van der Waals surface area contributed by atoms with Crippen LogP contribution in [0.5, 0.6) is 5.88 Å². The Hall–Kier alpha value is -4.03. The smallest absolute Gasteiger partial charge is 0.267 e. The van der Waals surface area contributed by atoms with Crippen LogP contribution in [-0.4, -0.2) is 39.9 Å². The lowest BCUT2D eigenvalue weighted by Gasteiger charge is -2.14. The Morgan fingerprint density at radius 3 is 2.71 bits per heavy atom. The van der Waals surface area contributed by atoms with Gasteiger partial charge in [-0.05, 0) is 24.3 Å². The predicted octanol–water partition coefficient (Wildman–Crippen LogP) is 4.53. The van der Waals surface area contributed by atoms with Gasteiger partial charge in [-0.3, -0.25) is 4.72 Å². The number of anilines is 1. The third-order valence-electron chi connectivity index (χ3n) is 5.15. The summed E-state index contributed by atoms with van der Waals surface area (Å²) in [6.07, 6.45) is 7.41. The molecule has 35 heavy (non-hydrogen) atoms. The van der Waals surface area contributed by atoms with E-state index in [0.29, 0.717) is 17.0 Å². The number of nitrogens with one attached hydrogen (secondary N) is 2. The molecule has 0 aliphatic heterocycles. The number of methoxy groups -OCH3 is 1. The first-order valence-corrected chi connectivity index (χ1v) is 11.8. The molecular formula is C22H15ClF2N6O3S. The molecule has 0 radical (unpaired) electrons. The molecule has 1 aromatic carbocycles. The van der Waals surface area contributed by atoms with Crippen LogP contribution in [0.15, 0.2) is 66.3 Å². The summed E-state index contributed by atoms with van der Waals surface area (Å²) in [6.45, 7) is 0. The van der Waals surface area contributed by atoms with Gasteiger partial charge in [-0.2, -0.15) is 0 Å². The van der Waals surface area contributed by atoms with E-state index in [1.165, 1.54) is 31.9 Å². The summed E-state index contributed by atoms with van der Waals surface area (Å²) >= 11 is 5.87. The molecule has 0 amide bonds. The van der Waals surface area contributed by atoms with Crippen LogP contribution in [0.2, 0.25) is 5.02 Å². The Morgan fingerprint density at radius 2 is 1.97 bits per heavy atom. The lowest BCUT2D eigenvalue weighted by molar-refractivity contribution is 0.385. The summed E-state index contributed by atoms with van der Waals surface area (Å²) in [7, 11) is -3.15. The van der Waals surface area contributed by atoms with Gasteiger partial charge in [0.05, 0.1) is 28.9 Å². The molecule has 9 nitrogen and oxygen atoms in total. The molecule has 0 unspecified atom stereocenters. The minimum atomic E-state index is -4.38. The number of ether oxygens (including phenoxy) is 1. The van der Waals surface area contributed by atoms with Crippen molar-refractivity contribution in [2.75, 3.05) is 11.8 Å². The number of imidazole rings is 2. The summed E-state index contributed by atoms with van der Waals surface area (Å²) in [5, 5.41) is 0.0361. The van der Waals surface area contributed by atoms with Crippen LogP contribution in [0.25, 0.3) is 28.2 Å². The third-order valence-corrected chi connectivity index (χ3v) is 6.71. The second kappa shape index (κ2) is 8.64. The molecule has 0 atom stereocenters. The number of hydrogen-bond donors (Lipinski definition) is 2. The summed E-state index contributed by atoms with van der Waals surface area (Å²) in [6, 6.07) is 6.21. The average Bonchev–Trinajstić information content (AvgIpc) is 3.50. The molecule has 0 saturated heterocycles. The molecule has 0 aliphatic rings. The first-order chi connectivity index (χ1) is 16.8. The lowest BCUT2D eigenvalue weighted by atomic mass is 10.0. The van der Waals surface area contributed by atoms with E-state index < -0.39 is 37.8 Å². The normalized spacial score (nSPS) is 11.7. The molecular weight excluding hydrogens is 502 g/mol. The zero-order chi connectivity index (χ0) is 24.7. The van der Waals surface area contributed by atoms with Crippen molar-refractivity contribution >= 4 is 32.8 Å². The zero-order valence-electron chi connectivity index (χ0n) is 17.8. The lowest BCUT2D eigenvalue weighted by Crippen LogP contribution is -2.16. The van der Waals surface area contributed by atoms with Crippen molar-refractivity contribution in [2.45, 2.75) is 4.90 Å². The van der Waals surface area contributed by atoms with Gasteiger partial charge in [0.2, 0.25) is 5.88 Å². The predicted molar refractivity (Wildman–Crippen MR) is 125 cm³/mol. The highest BCUT2D eigenvalue weighted by atomic mass is 35.5. The number of hydrogen-bond acceptors (Lipinski definition) is 6. The topological polar surface area (TPSA) is 114 Å². The van der Waals surface area contributed by atoms with Crippen molar-refractivity contribution in [1.29, 1.82) is 0 Å². The summed E-state index contributed by atoms with van der Waals surface area (Å²) in [5.74, 6) is -1.67. The number of rotatable bonds is 6. The van der Waals surface area contributed by atoms with Gasteiger partial charge >= 0.3 is 0 Å². The number of aromatic nitrogens is 5. The fourth-order valence-corrected chi connectivity index (χ4v) is 5.00. The highest BCUT2D eigenvalue weighted by Gasteiger charge is 2.25. The molecule has 4 aromatic heterocycles. The van der Waals surface area contributed by atoms with Gasteiger partial charge in [0.1, 0.15) is 17.8 Å². The van der Waals surface area contributed by atoms with Gasteiger partial charge in [0.25, 0.3) is 10.0 Å². The maximum atomic E-state index is 15.5. The fourth-order valence-electron chi connectivity index (χ4n) is 3.57. The Balaban J connectivity index is 1.56. The molecule has 0 bridgehead atoms. The Labute approximate surface area is 202 Å². The van der Waals surface area contributed by atoms with Crippen molar-refractivity contribution in [1.82, 2.24) is 24.3 Å². The molecule has 5 aromatic rings. The first kappa shape index (κ1) is 22.7. The first-order valence-electron chi connectivity index (χ1n) is 9.95. The van der Waals surface area contributed by atoms with E-state index in [-0.39, 0.29) is 16.5 Å². The van der Waals surface area contributed by atoms with E-state index in [9.17, 15) is 12.8 Å². The van der Waals surface area contributed by atoms with Crippen molar-refractivity contribution in [3.63, 3.8) is 0 Å². The molecule has 0 aliphatic carbocycles. The van der Waals surface area contributed by atoms with Crippen LogP contribution in [-0.2, 0) is 10.0 Å². The van der Waals surface area contributed by atoms with Crippen molar-refractivity contribution in [3.05, 3.63) is 78.1 Å². The highest BCUT2D eigenvalue weighted by Crippen LogP contribution is 2.34. The Kier molecular flexibility index (Phi) is 5.61. The molecule has 13 heteroatoms. The Bertz CT molecular complexity index is 1670. The van der Waals surface area contributed by atoms with Crippen LogP contribution in [0.3, 0.4) is 0 Å². The van der Waals surface area contributed by atoms with E-state index in [2.05, 4.69) is 24.7 Å². The standard InChI is InChI=1S/C22H15ClF2N6O3S/c1-34-22-17(8-13(23)9-28-22)35(32,33)30-15-4-3-14(24)18(19(15)25)12-2-5-16-20(21-26-6-7-27-21)29-11-31(16)10-12/h2-11,30H,1H3,(H,26,27). The molecule has 5 rings (SSSR count). The maximum Gasteiger partial charge on any atom is 0.267 e. The molecule has 0 saturated carbocycles. The van der Waals surface area contributed by atoms with Gasteiger partial charge in [-0.15, -0.1) is 0 Å². The molecule has 0 fully saturated rings. The van der Waals surface area contributed by atoms with Crippen molar-refractivity contribution in [2.24, 2.45) is 0 Å². The van der Waals surface area contributed by atoms with Crippen LogP contribution in [0.1, 0.15) is 0 Å². The van der Waals surface area contributed by atoms with Gasteiger partial charge in [-0.1, -0.05) is 17.7 Å². The van der Waals surface area contributed by atoms with E-state index in [0.717, 1.165) is 18.2 Å². The highest BCUT2D eigenvalue weighted by molar-refractivity contribution is 7.92. The van der Waals surface area contributed by atoms with Crippen LogP contribution in [0.4, 0.5) is 14.5 Å². The number of halogens is 3. The van der Waals surface area contributed by atoms with Gasteiger partial charge < -0.3 is 14.1 Å². The van der Waals surface area contributed by atoms with Gasteiger partial charge in [-0.25, -0.2) is 32.2 Å². The van der Waals surface area contributed by atoms with Crippen molar-refractivity contribution < 1.29 is 21.9 Å². The largest absolute Gasteiger partial charge is 0.480 e. The number of nitrogens with zero attached hydrogens (tertiary/aromatic N) is 4. The number of fused-ring (bicyclic) bond motifs is 1. The quantitative estimate of drug-likeness (QED) is 0.343. The Morgan fingerprint density at radius 1 is 1.14 bits per heavy atom. The number of H-pyrrole nitrogens is 1. The average molecular weight is 517 g/mol. The molecule has 178 valence electrons. The van der Waals surface area contributed by atoms with Crippen LogP contribution in [0, 0.1) is 11.6 Å². The number of pyridine rings is 2. The summed E-state index contributed by atoms with van der Waals surface area (Å²) in [5.41, 5.74) is 0.496. The minimum Gasteiger partial charge on any atom is -0.480 e. The summed E-state index contributed by atoms with van der Waals surface area (Å²) in [4.78, 5) is 14.8. The monoisotopic (exact) mass is 516 g/mol. The maximum absolute atomic E-state index is 15.5. The second-order valence-corrected chi connectivity index (χ2v) is 9.38. The molecule has 2 N–H and O–H groups in total. The van der Waals surface area contributed by atoms with Crippen LogP contribution >= 0.6 is 11.6 Å². The van der Waals surface area contributed by atoms with Crippen molar-refractivity contribution in [3.8, 4) is 28.5 Å². The van der Waals surface area contributed by atoms with Gasteiger partial charge in [0.15, 0.2) is 16.5 Å². The second-order valence-electron chi connectivity index (χ2n) is 7.29. The van der Waals surface area contributed by atoms with E-state index in [1.807, 2.05) is 0 Å².